The van der Waals surface area contributed by atoms with Crippen LogP contribution in [0.5, 0.6) is 0 Å². The SMILES string of the molecule is CCOC(=O)/C(CC(=O)O)=C(/c1ccc(F)cc1)c1ccc(S(C)(=O)=O)cc1. The first-order valence-corrected chi connectivity index (χ1v) is 10.2. The fourth-order valence-electron chi connectivity index (χ4n) is 2.63. The number of carbonyl (C=O) groups excluding carboxylic acids is 1. The van der Waals surface area contributed by atoms with E-state index in [2.05, 4.69) is 0 Å². The number of halogens is 1. The Bertz CT molecular complexity index is 1010. The Kier molecular flexibility index (Phi) is 6.69. The summed E-state index contributed by atoms with van der Waals surface area (Å²) < 4.78 is 41.7. The van der Waals surface area contributed by atoms with Crippen molar-refractivity contribution in [3.05, 3.63) is 71.0 Å². The molecule has 28 heavy (non-hydrogen) atoms. The van der Waals surface area contributed by atoms with E-state index in [1.807, 2.05) is 0 Å². The molecule has 2 rings (SSSR count). The third-order valence-electron chi connectivity index (χ3n) is 3.86. The number of aliphatic carboxylic acids is 1. The fraction of sp³-hybridized carbons (Fsp3) is 0.200. The van der Waals surface area contributed by atoms with Crippen LogP contribution in [0.3, 0.4) is 0 Å². The highest BCUT2D eigenvalue weighted by atomic mass is 32.2. The third-order valence-corrected chi connectivity index (χ3v) is 4.98. The molecule has 0 aliphatic heterocycles. The van der Waals surface area contributed by atoms with Crippen LogP contribution in [0.2, 0.25) is 0 Å². The van der Waals surface area contributed by atoms with Crippen molar-refractivity contribution in [2.75, 3.05) is 12.9 Å². The van der Waals surface area contributed by atoms with Crippen LogP contribution in [0.15, 0.2) is 59.0 Å². The molecule has 0 aliphatic carbocycles. The second-order valence-corrected chi connectivity index (χ2v) is 7.96. The normalized spacial score (nSPS) is 12.2. The number of ether oxygens (including phenoxy) is 1. The van der Waals surface area contributed by atoms with E-state index in [4.69, 9.17) is 4.74 Å². The Morgan fingerprint density at radius 2 is 1.50 bits per heavy atom. The summed E-state index contributed by atoms with van der Waals surface area (Å²) in [5.41, 5.74) is 0.926. The van der Waals surface area contributed by atoms with Crippen molar-refractivity contribution in [1.82, 2.24) is 0 Å². The van der Waals surface area contributed by atoms with Crippen molar-refractivity contribution in [1.29, 1.82) is 0 Å². The molecule has 0 spiro atoms. The minimum atomic E-state index is -3.43. The largest absolute Gasteiger partial charge is 0.481 e. The summed E-state index contributed by atoms with van der Waals surface area (Å²) in [5.74, 6) is -2.54. The Morgan fingerprint density at radius 3 is 1.93 bits per heavy atom. The van der Waals surface area contributed by atoms with E-state index in [-0.39, 0.29) is 22.6 Å². The second-order valence-electron chi connectivity index (χ2n) is 5.95. The fourth-order valence-corrected chi connectivity index (χ4v) is 3.26. The molecule has 1 N–H and O–H groups in total. The predicted octanol–water partition coefficient (Wildman–Crippen LogP) is 3.07. The topological polar surface area (TPSA) is 97.7 Å². The highest BCUT2D eigenvalue weighted by molar-refractivity contribution is 7.90. The van der Waals surface area contributed by atoms with Gasteiger partial charge in [-0.1, -0.05) is 24.3 Å². The monoisotopic (exact) mass is 406 g/mol. The zero-order valence-electron chi connectivity index (χ0n) is 15.3. The predicted molar refractivity (Wildman–Crippen MR) is 101 cm³/mol. The minimum absolute atomic E-state index is 0.0473. The summed E-state index contributed by atoms with van der Waals surface area (Å²) in [6.45, 7) is 1.64. The van der Waals surface area contributed by atoms with E-state index >= 15 is 0 Å². The van der Waals surface area contributed by atoms with Crippen molar-refractivity contribution in [3.63, 3.8) is 0 Å². The van der Waals surface area contributed by atoms with Gasteiger partial charge in [0, 0.05) is 6.26 Å². The average Bonchev–Trinajstić information content (AvgIpc) is 2.62. The second kappa shape index (κ2) is 8.79. The first-order chi connectivity index (χ1) is 13.1. The number of carboxylic acids is 1. The molecule has 0 saturated carbocycles. The zero-order chi connectivity index (χ0) is 20.9. The molecule has 0 fully saturated rings. The number of rotatable bonds is 7. The summed E-state index contributed by atoms with van der Waals surface area (Å²) in [6, 6.07) is 10.8. The molecule has 0 bridgehead atoms. The van der Waals surface area contributed by atoms with Gasteiger partial charge in [0.1, 0.15) is 5.82 Å². The van der Waals surface area contributed by atoms with Crippen LogP contribution in [0, 0.1) is 5.82 Å². The molecular formula is C20H19FO6S. The molecule has 148 valence electrons. The van der Waals surface area contributed by atoms with Crippen LogP contribution < -0.4 is 0 Å². The highest BCUT2D eigenvalue weighted by Gasteiger charge is 2.22. The maximum absolute atomic E-state index is 13.4. The standard InChI is InChI=1S/C20H19FO6S/c1-3-27-20(24)17(12-18(22)23)19(13-4-8-15(21)9-5-13)14-6-10-16(11-7-14)28(2,25)26/h4-11H,3,12H2,1-2H3,(H,22,23)/b19-17-. The Balaban J connectivity index is 2.75. The number of hydrogen-bond acceptors (Lipinski definition) is 5. The van der Waals surface area contributed by atoms with E-state index in [0.29, 0.717) is 11.1 Å². The smallest absolute Gasteiger partial charge is 0.335 e. The maximum atomic E-state index is 13.4. The van der Waals surface area contributed by atoms with E-state index in [9.17, 15) is 27.5 Å². The number of benzene rings is 2. The van der Waals surface area contributed by atoms with E-state index < -0.39 is 34.0 Å². The zero-order valence-corrected chi connectivity index (χ0v) is 16.1. The van der Waals surface area contributed by atoms with Crippen LogP contribution in [0.25, 0.3) is 5.57 Å². The van der Waals surface area contributed by atoms with Gasteiger partial charge in [0.25, 0.3) is 0 Å². The van der Waals surface area contributed by atoms with Crippen LogP contribution in [0.4, 0.5) is 4.39 Å². The van der Waals surface area contributed by atoms with Crippen molar-refractivity contribution >= 4 is 27.3 Å². The number of sulfone groups is 1. The molecule has 0 aliphatic rings. The van der Waals surface area contributed by atoms with Crippen molar-refractivity contribution in [2.24, 2.45) is 0 Å². The molecule has 0 heterocycles. The van der Waals surface area contributed by atoms with Gasteiger partial charge < -0.3 is 9.84 Å². The summed E-state index contributed by atoms with van der Waals surface area (Å²) in [6.07, 6.45) is 0.451. The molecule has 8 heteroatoms. The van der Waals surface area contributed by atoms with Gasteiger partial charge in [-0.3, -0.25) is 4.79 Å². The molecule has 0 unspecified atom stereocenters. The summed E-state index contributed by atoms with van der Waals surface area (Å²) in [5, 5.41) is 9.26. The lowest BCUT2D eigenvalue weighted by Gasteiger charge is -2.15. The molecule has 2 aromatic carbocycles. The Morgan fingerprint density at radius 1 is 1.00 bits per heavy atom. The molecule has 2 aromatic rings. The number of carbonyl (C=O) groups is 2. The Labute approximate surface area is 162 Å². The number of esters is 1. The number of hydrogen-bond donors (Lipinski definition) is 1. The van der Waals surface area contributed by atoms with Gasteiger partial charge >= 0.3 is 11.9 Å². The maximum Gasteiger partial charge on any atom is 0.335 e. The highest BCUT2D eigenvalue weighted by Crippen LogP contribution is 2.30. The molecule has 6 nitrogen and oxygen atoms in total. The van der Waals surface area contributed by atoms with Gasteiger partial charge in [0.05, 0.1) is 23.5 Å². The molecular weight excluding hydrogens is 387 g/mol. The third kappa shape index (κ3) is 5.26. The molecule has 0 atom stereocenters. The minimum Gasteiger partial charge on any atom is -0.481 e. The van der Waals surface area contributed by atoms with Gasteiger partial charge in [-0.15, -0.1) is 0 Å². The van der Waals surface area contributed by atoms with Crippen LogP contribution in [-0.2, 0) is 24.2 Å². The van der Waals surface area contributed by atoms with Crippen LogP contribution in [0.1, 0.15) is 24.5 Å². The first-order valence-electron chi connectivity index (χ1n) is 8.32. The average molecular weight is 406 g/mol. The van der Waals surface area contributed by atoms with E-state index in [1.165, 1.54) is 48.5 Å². The molecule has 0 radical (unpaired) electrons. The lowest BCUT2D eigenvalue weighted by Crippen LogP contribution is -2.14. The first kappa shape index (κ1) is 21.3. The quantitative estimate of drug-likeness (QED) is 0.561. The van der Waals surface area contributed by atoms with Crippen molar-refractivity contribution in [2.45, 2.75) is 18.2 Å². The number of carboxylic acid groups (broad SMARTS) is 1. The van der Waals surface area contributed by atoms with E-state index in [0.717, 1.165) is 6.26 Å². The van der Waals surface area contributed by atoms with Gasteiger partial charge in [0.15, 0.2) is 9.84 Å². The van der Waals surface area contributed by atoms with Crippen molar-refractivity contribution < 1.29 is 32.2 Å². The molecule has 0 amide bonds. The Hall–Kier alpha value is -3.00. The summed E-state index contributed by atoms with van der Waals surface area (Å²) in [4.78, 5) is 23.9. The van der Waals surface area contributed by atoms with E-state index in [1.54, 1.807) is 6.92 Å². The van der Waals surface area contributed by atoms with Crippen molar-refractivity contribution in [3.8, 4) is 0 Å². The van der Waals surface area contributed by atoms with Gasteiger partial charge in [-0.25, -0.2) is 17.6 Å². The van der Waals surface area contributed by atoms with Crippen LogP contribution in [-0.4, -0.2) is 38.3 Å². The molecule has 0 saturated heterocycles. The van der Waals surface area contributed by atoms with Crippen LogP contribution >= 0.6 is 0 Å². The van der Waals surface area contributed by atoms with Gasteiger partial charge in [-0.2, -0.15) is 0 Å². The molecule has 0 aromatic heterocycles. The lowest BCUT2D eigenvalue weighted by molar-refractivity contribution is -0.142. The summed E-state index contributed by atoms with van der Waals surface area (Å²) in [7, 11) is -3.43. The summed E-state index contributed by atoms with van der Waals surface area (Å²) >= 11 is 0. The van der Waals surface area contributed by atoms with Gasteiger partial charge in [-0.05, 0) is 47.9 Å². The lowest BCUT2D eigenvalue weighted by atomic mass is 9.91. The van der Waals surface area contributed by atoms with Gasteiger partial charge in [0.2, 0.25) is 0 Å².